The van der Waals surface area contributed by atoms with Crippen molar-refractivity contribution < 1.29 is 9.21 Å². The Bertz CT molecular complexity index is 675. The maximum absolute atomic E-state index is 12.4. The highest BCUT2D eigenvalue weighted by molar-refractivity contribution is 6.06. The van der Waals surface area contributed by atoms with E-state index in [9.17, 15) is 9.59 Å². The zero-order valence-electron chi connectivity index (χ0n) is 11.8. The fourth-order valence-electron chi connectivity index (χ4n) is 2.23. The molecule has 0 saturated carbocycles. The first-order chi connectivity index (χ1) is 9.52. The molecule has 0 aliphatic carbocycles. The molecule has 1 heterocycles. The topological polar surface area (TPSA) is 59.3 Å². The molecule has 2 rings (SSSR count). The molecule has 0 unspecified atom stereocenters. The summed E-state index contributed by atoms with van der Waals surface area (Å²) in [6, 6.07) is 8.97. The number of nitrogens with one attached hydrogen (secondary N) is 1. The second-order valence-corrected chi connectivity index (χ2v) is 4.64. The number of aryl methyl sites for hydroxylation is 3. The first-order valence-electron chi connectivity index (χ1n) is 6.53. The number of rotatable bonds is 3. The number of hydrogen-bond donors (Lipinski definition) is 1. The van der Waals surface area contributed by atoms with E-state index in [0.717, 1.165) is 17.7 Å². The van der Waals surface area contributed by atoms with E-state index in [1.54, 1.807) is 13.8 Å². The van der Waals surface area contributed by atoms with Crippen LogP contribution in [0.5, 0.6) is 0 Å². The molecule has 0 spiro atoms. The Morgan fingerprint density at radius 3 is 2.60 bits per heavy atom. The second-order valence-electron chi connectivity index (χ2n) is 4.64. The summed E-state index contributed by atoms with van der Waals surface area (Å²) in [6.07, 6.45) is 0.832. The summed E-state index contributed by atoms with van der Waals surface area (Å²) >= 11 is 0. The lowest BCUT2D eigenvalue weighted by Gasteiger charge is -2.11. The molecule has 20 heavy (non-hydrogen) atoms. The van der Waals surface area contributed by atoms with Crippen molar-refractivity contribution in [3.8, 4) is 0 Å². The highest BCUT2D eigenvalue weighted by Crippen LogP contribution is 2.18. The zero-order chi connectivity index (χ0) is 14.7. The summed E-state index contributed by atoms with van der Waals surface area (Å²) in [7, 11) is 0. The predicted molar refractivity (Wildman–Crippen MR) is 78.2 cm³/mol. The van der Waals surface area contributed by atoms with Gasteiger partial charge in [-0.15, -0.1) is 0 Å². The third-order valence-corrected chi connectivity index (χ3v) is 3.21. The minimum atomic E-state index is -0.439. The molecular formula is C16H17NO3. The van der Waals surface area contributed by atoms with Gasteiger partial charge in [0.2, 0.25) is 0 Å². The molecule has 0 aliphatic rings. The summed E-state index contributed by atoms with van der Waals surface area (Å²) < 4.78 is 4.99. The van der Waals surface area contributed by atoms with Crippen LogP contribution < -0.4 is 10.9 Å². The van der Waals surface area contributed by atoms with Crippen LogP contribution in [0.2, 0.25) is 0 Å². The SMILES string of the molecule is CCc1ccccc1NC(=O)c1c(C)cc(=O)oc1C. The molecule has 4 heteroatoms. The predicted octanol–water partition coefficient (Wildman–Crippen LogP) is 3.07. The largest absolute Gasteiger partial charge is 0.427 e. The number of carbonyl (C=O) groups excluding carboxylic acids is 1. The van der Waals surface area contributed by atoms with E-state index in [1.807, 2.05) is 31.2 Å². The van der Waals surface area contributed by atoms with Gasteiger partial charge in [0.15, 0.2) is 0 Å². The molecule has 1 N–H and O–H groups in total. The molecule has 0 bridgehead atoms. The van der Waals surface area contributed by atoms with Crippen molar-refractivity contribution in [3.63, 3.8) is 0 Å². The standard InChI is InChI=1S/C16H17NO3/c1-4-12-7-5-6-8-13(12)17-16(19)15-10(2)9-14(18)20-11(15)3/h5-9H,4H2,1-3H3,(H,17,19). The van der Waals surface area contributed by atoms with Gasteiger partial charge in [-0.05, 0) is 37.5 Å². The molecule has 1 amide bonds. The van der Waals surface area contributed by atoms with E-state index < -0.39 is 5.63 Å². The third-order valence-electron chi connectivity index (χ3n) is 3.21. The fraction of sp³-hybridized carbons (Fsp3) is 0.250. The Balaban J connectivity index is 2.36. The first-order valence-corrected chi connectivity index (χ1v) is 6.53. The maximum atomic E-state index is 12.4. The second kappa shape index (κ2) is 5.74. The molecule has 0 fully saturated rings. The van der Waals surface area contributed by atoms with E-state index >= 15 is 0 Å². The van der Waals surface area contributed by atoms with Gasteiger partial charge in [0, 0.05) is 11.8 Å². The van der Waals surface area contributed by atoms with Crippen molar-refractivity contribution in [2.75, 3.05) is 5.32 Å². The van der Waals surface area contributed by atoms with Crippen LogP contribution in [0.15, 0.2) is 39.5 Å². The Kier molecular flexibility index (Phi) is 4.03. The lowest BCUT2D eigenvalue weighted by atomic mass is 10.1. The number of anilines is 1. The monoisotopic (exact) mass is 271 g/mol. The molecule has 1 aromatic carbocycles. The number of carbonyl (C=O) groups is 1. The van der Waals surface area contributed by atoms with Crippen molar-refractivity contribution in [2.24, 2.45) is 0 Å². The lowest BCUT2D eigenvalue weighted by Crippen LogP contribution is -2.18. The summed E-state index contributed by atoms with van der Waals surface area (Å²) in [6.45, 7) is 5.38. The van der Waals surface area contributed by atoms with Gasteiger partial charge in [-0.25, -0.2) is 4.79 Å². The normalized spacial score (nSPS) is 10.3. The summed E-state index contributed by atoms with van der Waals surface area (Å²) in [5, 5.41) is 2.88. The number of para-hydroxylation sites is 1. The lowest BCUT2D eigenvalue weighted by molar-refractivity contribution is 0.102. The van der Waals surface area contributed by atoms with Crippen molar-refractivity contribution >= 4 is 11.6 Å². The molecule has 0 atom stereocenters. The van der Waals surface area contributed by atoms with Crippen LogP contribution in [0.1, 0.15) is 34.2 Å². The van der Waals surface area contributed by atoms with E-state index in [2.05, 4.69) is 5.32 Å². The van der Waals surface area contributed by atoms with E-state index in [4.69, 9.17) is 4.42 Å². The van der Waals surface area contributed by atoms with Gasteiger partial charge in [-0.3, -0.25) is 4.79 Å². The van der Waals surface area contributed by atoms with Gasteiger partial charge in [0.25, 0.3) is 5.91 Å². The summed E-state index contributed by atoms with van der Waals surface area (Å²) in [5.74, 6) is 0.0751. The number of benzene rings is 1. The molecule has 4 nitrogen and oxygen atoms in total. The molecule has 104 valence electrons. The van der Waals surface area contributed by atoms with Gasteiger partial charge >= 0.3 is 5.63 Å². The molecule has 1 aromatic heterocycles. The van der Waals surface area contributed by atoms with Gasteiger partial charge in [0.05, 0.1) is 5.56 Å². The molecule has 0 radical (unpaired) electrons. The first kappa shape index (κ1) is 14.1. The third kappa shape index (κ3) is 2.79. The Morgan fingerprint density at radius 2 is 1.95 bits per heavy atom. The van der Waals surface area contributed by atoms with Crippen LogP contribution >= 0.6 is 0 Å². The minimum Gasteiger partial charge on any atom is -0.427 e. The van der Waals surface area contributed by atoms with Crippen LogP contribution in [0.3, 0.4) is 0 Å². The van der Waals surface area contributed by atoms with Gasteiger partial charge < -0.3 is 9.73 Å². The van der Waals surface area contributed by atoms with Crippen LogP contribution in [0.25, 0.3) is 0 Å². The fourth-order valence-corrected chi connectivity index (χ4v) is 2.23. The van der Waals surface area contributed by atoms with Crippen LogP contribution in [0, 0.1) is 13.8 Å². The highest BCUT2D eigenvalue weighted by Gasteiger charge is 2.16. The summed E-state index contributed by atoms with van der Waals surface area (Å²) in [5.41, 5.74) is 2.43. The summed E-state index contributed by atoms with van der Waals surface area (Å²) in [4.78, 5) is 23.6. The average Bonchev–Trinajstić information content (AvgIpc) is 2.38. The molecule has 0 aliphatic heterocycles. The highest BCUT2D eigenvalue weighted by atomic mass is 16.4. The Labute approximate surface area is 117 Å². The zero-order valence-corrected chi connectivity index (χ0v) is 11.8. The smallest absolute Gasteiger partial charge is 0.336 e. The van der Waals surface area contributed by atoms with Gasteiger partial charge in [-0.1, -0.05) is 25.1 Å². The van der Waals surface area contributed by atoms with Crippen molar-refractivity contribution in [1.29, 1.82) is 0 Å². The Hall–Kier alpha value is -2.36. The van der Waals surface area contributed by atoms with Crippen LogP contribution in [-0.2, 0) is 6.42 Å². The minimum absolute atomic E-state index is 0.260. The van der Waals surface area contributed by atoms with Crippen molar-refractivity contribution in [2.45, 2.75) is 27.2 Å². The molecule has 0 saturated heterocycles. The van der Waals surface area contributed by atoms with Crippen LogP contribution in [-0.4, -0.2) is 5.91 Å². The van der Waals surface area contributed by atoms with Crippen molar-refractivity contribution in [1.82, 2.24) is 0 Å². The van der Waals surface area contributed by atoms with E-state index in [0.29, 0.717) is 16.9 Å². The quantitative estimate of drug-likeness (QED) is 0.933. The van der Waals surface area contributed by atoms with Crippen LogP contribution in [0.4, 0.5) is 5.69 Å². The van der Waals surface area contributed by atoms with Gasteiger partial charge in [0.1, 0.15) is 5.76 Å². The number of hydrogen-bond acceptors (Lipinski definition) is 3. The van der Waals surface area contributed by atoms with Gasteiger partial charge in [-0.2, -0.15) is 0 Å². The molecule has 2 aromatic rings. The van der Waals surface area contributed by atoms with E-state index in [1.165, 1.54) is 6.07 Å². The molecular weight excluding hydrogens is 254 g/mol. The van der Waals surface area contributed by atoms with E-state index in [-0.39, 0.29) is 5.91 Å². The average molecular weight is 271 g/mol. The Morgan fingerprint density at radius 1 is 1.25 bits per heavy atom. The number of amides is 1. The maximum Gasteiger partial charge on any atom is 0.336 e. The van der Waals surface area contributed by atoms with Crippen molar-refractivity contribution in [3.05, 3.63) is 63.2 Å².